The summed E-state index contributed by atoms with van der Waals surface area (Å²) in [6, 6.07) is 7.27. The zero-order valence-electron chi connectivity index (χ0n) is 16.1. The third-order valence-corrected chi connectivity index (χ3v) is 5.20. The van der Waals surface area contributed by atoms with E-state index >= 15 is 0 Å². The molecule has 136 valence electrons. The first-order chi connectivity index (χ1) is 11.5. The van der Waals surface area contributed by atoms with Crippen LogP contribution in [0.5, 0.6) is 0 Å². The fourth-order valence-corrected chi connectivity index (χ4v) is 3.43. The Hall–Kier alpha value is -1.48. The zero-order valence-corrected chi connectivity index (χ0v) is 16.9. The molecule has 25 heavy (non-hydrogen) atoms. The van der Waals surface area contributed by atoms with E-state index in [4.69, 9.17) is 11.6 Å². The number of halogens is 1. The lowest BCUT2D eigenvalue weighted by Crippen LogP contribution is -2.42. The first-order valence-electron chi connectivity index (χ1n) is 8.86. The maximum Gasteiger partial charge on any atom is 0.140 e. The van der Waals surface area contributed by atoms with E-state index in [9.17, 15) is 4.79 Å². The van der Waals surface area contributed by atoms with Crippen LogP contribution in [-0.2, 0) is 4.79 Å². The van der Waals surface area contributed by atoms with Crippen molar-refractivity contribution in [2.45, 2.75) is 54.4 Å². The van der Waals surface area contributed by atoms with Gasteiger partial charge < -0.3 is 0 Å². The minimum atomic E-state index is -0.0482. The Morgan fingerprint density at radius 1 is 0.960 bits per heavy atom. The van der Waals surface area contributed by atoms with Crippen molar-refractivity contribution in [3.8, 4) is 0 Å². The summed E-state index contributed by atoms with van der Waals surface area (Å²) >= 11 is 5.88. The number of allylic oxidation sites excluding steroid dienone is 1. The summed E-state index contributed by atoms with van der Waals surface area (Å²) < 4.78 is 0. The van der Waals surface area contributed by atoms with Crippen molar-refractivity contribution in [3.63, 3.8) is 0 Å². The molecular formula is C21H29ClN2O. The summed E-state index contributed by atoms with van der Waals surface area (Å²) in [7, 11) is 0. The Balaban J connectivity index is 2.24. The van der Waals surface area contributed by atoms with Gasteiger partial charge in [0, 0.05) is 23.1 Å². The van der Waals surface area contributed by atoms with Gasteiger partial charge in [0.1, 0.15) is 5.78 Å². The summed E-state index contributed by atoms with van der Waals surface area (Å²) in [5.74, 6) is 0.455. The quantitative estimate of drug-likeness (QED) is 0.523. The van der Waals surface area contributed by atoms with Crippen LogP contribution in [0.2, 0.25) is 5.02 Å². The number of Topliss-reactive ketones (excluding diaryl/α,β-unsaturated/α-hetero) is 1. The van der Waals surface area contributed by atoms with Gasteiger partial charge in [-0.15, -0.1) is 0 Å². The largest absolute Gasteiger partial charge is 0.299 e. The number of carbonyl (C=O) groups excluding carboxylic acids is 1. The molecule has 0 aliphatic heterocycles. The Bertz CT molecular complexity index is 647. The van der Waals surface area contributed by atoms with E-state index in [0.29, 0.717) is 10.8 Å². The molecule has 4 heteroatoms. The van der Waals surface area contributed by atoms with Crippen LogP contribution in [-0.4, -0.2) is 5.78 Å². The number of nitrogens with zero attached hydrogens (tertiary/aromatic N) is 2. The van der Waals surface area contributed by atoms with Crippen LogP contribution in [0.1, 0.15) is 54.4 Å². The van der Waals surface area contributed by atoms with E-state index in [1.165, 1.54) is 5.57 Å². The molecule has 0 aromatic heterocycles. The monoisotopic (exact) mass is 360 g/mol. The second kappa shape index (κ2) is 7.41. The molecule has 3 nitrogen and oxygen atoms in total. The molecule has 1 aromatic rings. The molecule has 0 amide bonds. The lowest BCUT2D eigenvalue weighted by molar-refractivity contribution is -0.135. The van der Waals surface area contributed by atoms with Crippen LogP contribution < -0.4 is 0 Å². The van der Waals surface area contributed by atoms with Crippen molar-refractivity contribution in [3.05, 3.63) is 41.1 Å². The van der Waals surface area contributed by atoms with Crippen molar-refractivity contribution >= 4 is 23.1 Å². The minimum absolute atomic E-state index is 0.0301. The lowest BCUT2D eigenvalue weighted by Gasteiger charge is -2.42. The Morgan fingerprint density at radius 3 is 1.88 bits per heavy atom. The van der Waals surface area contributed by atoms with E-state index in [1.807, 2.05) is 18.3 Å². The fraction of sp³-hybridized carbons (Fsp3) is 0.571. The average Bonchev–Trinajstić information content (AvgIpc) is 2.48. The molecule has 0 bridgehead atoms. The summed E-state index contributed by atoms with van der Waals surface area (Å²) in [5.41, 5.74) is 1.88. The molecule has 2 atom stereocenters. The van der Waals surface area contributed by atoms with Crippen molar-refractivity contribution in [2.75, 3.05) is 0 Å². The molecular weight excluding hydrogens is 332 g/mol. The van der Waals surface area contributed by atoms with E-state index < -0.39 is 0 Å². The first kappa shape index (κ1) is 19.8. The standard InChI is InChI=1S/C21H29ClN2O/c1-20(2,3)17-11-14(12-18(19(17)25)21(4,5)6)13-23-24-16-9-7-15(22)8-10-16/h7-10,13,17-18H,11-12H2,1-6H3. The van der Waals surface area contributed by atoms with Gasteiger partial charge in [0.15, 0.2) is 0 Å². The second-order valence-corrected chi connectivity index (χ2v) is 9.56. The first-order valence-corrected chi connectivity index (χ1v) is 9.24. The number of ketones is 1. The highest BCUT2D eigenvalue weighted by atomic mass is 35.5. The smallest absolute Gasteiger partial charge is 0.140 e. The van der Waals surface area contributed by atoms with Crippen molar-refractivity contribution in [2.24, 2.45) is 32.9 Å². The molecule has 1 fully saturated rings. The molecule has 2 rings (SSSR count). The third-order valence-electron chi connectivity index (χ3n) is 4.95. The Kier molecular flexibility index (Phi) is 5.88. The van der Waals surface area contributed by atoms with Gasteiger partial charge in [0.05, 0.1) is 5.69 Å². The number of hydrogen-bond donors (Lipinski definition) is 0. The molecule has 1 aromatic carbocycles. The predicted octanol–water partition coefficient (Wildman–Crippen LogP) is 7.00. The number of rotatable bonds is 2. The highest BCUT2D eigenvalue weighted by Gasteiger charge is 2.44. The number of azo groups is 1. The van der Waals surface area contributed by atoms with Crippen LogP contribution >= 0.6 is 11.6 Å². The SMILES string of the molecule is CC(C)(C)C1CC(=CN=Nc2ccc(Cl)cc2)CC(C(C)(C)C)C1=O. The van der Waals surface area contributed by atoms with Crippen LogP contribution in [0, 0.1) is 22.7 Å². The third kappa shape index (κ3) is 5.24. The van der Waals surface area contributed by atoms with E-state index in [0.717, 1.165) is 18.5 Å². The van der Waals surface area contributed by atoms with Gasteiger partial charge in [-0.2, -0.15) is 10.2 Å². The number of hydrogen-bond acceptors (Lipinski definition) is 3. The maximum atomic E-state index is 13.0. The van der Waals surface area contributed by atoms with E-state index in [1.54, 1.807) is 12.1 Å². The van der Waals surface area contributed by atoms with Gasteiger partial charge in [-0.1, -0.05) is 53.1 Å². The summed E-state index contributed by atoms with van der Waals surface area (Å²) in [6.45, 7) is 12.9. The van der Waals surface area contributed by atoms with Gasteiger partial charge in [-0.25, -0.2) is 0 Å². The van der Waals surface area contributed by atoms with Crippen molar-refractivity contribution in [1.29, 1.82) is 0 Å². The highest BCUT2D eigenvalue weighted by molar-refractivity contribution is 6.30. The summed E-state index contributed by atoms with van der Waals surface area (Å²) in [4.78, 5) is 13.0. The number of carbonyl (C=O) groups is 1. The van der Waals surface area contributed by atoms with Crippen LogP contribution in [0.25, 0.3) is 0 Å². The van der Waals surface area contributed by atoms with E-state index in [2.05, 4.69) is 51.8 Å². The van der Waals surface area contributed by atoms with Crippen molar-refractivity contribution < 1.29 is 4.79 Å². The van der Waals surface area contributed by atoms with Gasteiger partial charge in [0.2, 0.25) is 0 Å². The Labute approximate surface area is 156 Å². The second-order valence-electron chi connectivity index (χ2n) is 9.13. The topological polar surface area (TPSA) is 41.8 Å². The average molecular weight is 361 g/mol. The molecule has 0 radical (unpaired) electrons. The molecule has 0 N–H and O–H groups in total. The summed E-state index contributed by atoms with van der Waals surface area (Å²) in [6.07, 6.45) is 3.39. The van der Waals surface area contributed by atoms with Gasteiger partial charge in [-0.05, 0) is 53.5 Å². The summed E-state index contributed by atoms with van der Waals surface area (Å²) in [5, 5.41) is 9.19. The highest BCUT2D eigenvalue weighted by Crippen LogP contribution is 2.45. The van der Waals surface area contributed by atoms with Crippen LogP contribution in [0.3, 0.4) is 0 Å². The molecule has 0 heterocycles. The van der Waals surface area contributed by atoms with Crippen molar-refractivity contribution in [1.82, 2.24) is 0 Å². The molecule has 2 unspecified atom stereocenters. The molecule has 0 saturated heterocycles. The molecule has 1 aliphatic rings. The zero-order chi connectivity index (χ0) is 18.8. The van der Waals surface area contributed by atoms with E-state index in [-0.39, 0.29) is 22.7 Å². The maximum absolute atomic E-state index is 13.0. The van der Waals surface area contributed by atoms with Gasteiger partial charge in [0.25, 0.3) is 0 Å². The number of benzene rings is 1. The fourth-order valence-electron chi connectivity index (χ4n) is 3.31. The van der Waals surface area contributed by atoms with Crippen LogP contribution in [0.4, 0.5) is 5.69 Å². The lowest BCUT2D eigenvalue weighted by atomic mass is 9.61. The minimum Gasteiger partial charge on any atom is -0.299 e. The van der Waals surface area contributed by atoms with Gasteiger partial charge >= 0.3 is 0 Å². The molecule has 1 aliphatic carbocycles. The molecule has 0 spiro atoms. The predicted molar refractivity (Wildman–Crippen MR) is 104 cm³/mol. The molecule has 1 saturated carbocycles. The Morgan fingerprint density at radius 2 is 1.44 bits per heavy atom. The van der Waals surface area contributed by atoms with Crippen LogP contribution in [0.15, 0.2) is 46.3 Å². The van der Waals surface area contributed by atoms with Gasteiger partial charge in [-0.3, -0.25) is 4.79 Å². The normalized spacial score (nSPS) is 22.5.